The van der Waals surface area contributed by atoms with E-state index in [4.69, 9.17) is 4.74 Å². The normalized spacial score (nSPS) is 10.9. The van der Waals surface area contributed by atoms with E-state index in [1.54, 1.807) is 36.4 Å². The molecule has 3 aromatic rings. The summed E-state index contributed by atoms with van der Waals surface area (Å²) in [5.74, 6) is -0.0638. The largest absolute Gasteiger partial charge is 0.495 e. The van der Waals surface area contributed by atoms with Gasteiger partial charge < -0.3 is 10.1 Å². The number of carbonyl (C=O) groups excluding carboxylic acids is 1. The first-order chi connectivity index (χ1) is 13.4. The van der Waals surface area contributed by atoms with Gasteiger partial charge in [-0.05, 0) is 31.2 Å². The van der Waals surface area contributed by atoms with Crippen molar-refractivity contribution in [2.45, 2.75) is 11.8 Å². The smallest absolute Gasteiger partial charge is 0.264 e. The summed E-state index contributed by atoms with van der Waals surface area (Å²) in [6.07, 6.45) is 2.48. The average Bonchev–Trinajstić information content (AvgIpc) is 2.69. The maximum absolute atomic E-state index is 12.4. The lowest BCUT2D eigenvalue weighted by Crippen LogP contribution is -2.17. The lowest BCUT2D eigenvalue weighted by atomic mass is 10.2. The highest BCUT2D eigenvalue weighted by molar-refractivity contribution is 7.92. The summed E-state index contributed by atoms with van der Waals surface area (Å²) in [6, 6.07) is 13.3. The third-order valence-corrected chi connectivity index (χ3v) is 5.17. The second kappa shape index (κ2) is 8.05. The molecule has 0 aliphatic heterocycles. The SMILES string of the molecule is COc1ccccc1NC(=O)c1cnc(NS(=O)(=O)c2ccc(C)cc2)nc1. The van der Waals surface area contributed by atoms with E-state index in [0.717, 1.165) is 5.56 Å². The number of nitrogens with one attached hydrogen (secondary N) is 2. The molecule has 2 N–H and O–H groups in total. The van der Waals surface area contributed by atoms with E-state index in [0.29, 0.717) is 11.4 Å². The number of amides is 1. The van der Waals surface area contributed by atoms with Gasteiger partial charge in [-0.3, -0.25) is 4.79 Å². The van der Waals surface area contributed by atoms with Gasteiger partial charge in [0.1, 0.15) is 5.75 Å². The Bertz CT molecular complexity index is 1080. The van der Waals surface area contributed by atoms with Crippen LogP contribution in [-0.4, -0.2) is 31.4 Å². The molecule has 0 fully saturated rings. The molecule has 144 valence electrons. The van der Waals surface area contributed by atoms with Crippen LogP contribution >= 0.6 is 0 Å². The number of sulfonamides is 1. The van der Waals surface area contributed by atoms with Crippen LogP contribution in [-0.2, 0) is 10.0 Å². The summed E-state index contributed by atoms with van der Waals surface area (Å²) in [6.45, 7) is 1.86. The Morgan fingerprint density at radius 1 is 1.00 bits per heavy atom. The number of aryl methyl sites for hydroxylation is 1. The van der Waals surface area contributed by atoms with Crippen molar-refractivity contribution in [3.8, 4) is 5.75 Å². The number of rotatable bonds is 6. The monoisotopic (exact) mass is 398 g/mol. The van der Waals surface area contributed by atoms with Crippen LogP contribution in [0.5, 0.6) is 5.75 Å². The molecule has 8 nitrogen and oxygen atoms in total. The van der Waals surface area contributed by atoms with Crippen molar-refractivity contribution < 1.29 is 17.9 Å². The maximum Gasteiger partial charge on any atom is 0.264 e. The maximum atomic E-state index is 12.4. The Labute approximate surface area is 162 Å². The number of benzene rings is 2. The zero-order chi connectivity index (χ0) is 20.1. The Hall–Kier alpha value is -3.46. The molecular formula is C19H18N4O4S. The second-order valence-corrected chi connectivity index (χ2v) is 7.55. The number of carbonyl (C=O) groups is 1. The predicted octanol–water partition coefficient (Wildman–Crippen LogP) is 2.85. The van der Waals surface area contributed by atoms with E-state index >= 15 is 0 Å². The minimum Gasteiger partial charge on any atom is -0.495 e. The zero-order valence-corrected chi connectivity index (χ0v) is 16.0. The van der Waals surface area contributed by atoms with E-state index in [1.807, 2.05) is 6.92 Å². The fourth-order valence-corrected chi connectivity index (χ4v) is 3.29. The lowest BCUT2D eigenvalue weighted by molar-refractivity contribution is 0.102. The highest BCUT2D eigenvalue weighted by Crippen LogP contribution is 2.23. The standard InChI is InChI=1S/C19H18N4O4S/c1-13-7-9-15(10-8-13)28(25,26)23-19-20-11-14(12-21-19)18(24)22-16-5-3-4-6-17(16)27-2/h3-12H,1-2H3,(H,22,24)(H,20,21,23). The van der Waals surface area contributed by atoms with Crippen molar-refractivity contribution in [1.29, 1.82) is 0 Å². The molecular weight excluding hydrogens is 380 g/mol. The minimum atomic E-state index is -3.81. The minimum absolute atomic E-state index is 0.0969. The van der Waals surface area contributed by atoms with Crippen LogP contribution in [0.1, 0.15) is 15.9 Å². The molecule has 1 heterocycles. The fourth-order valence-electron chi connectivity index (χ4n) is 2.34. The molecule has 0 unspecified atom stereocenters. The van der Waals surface area contributed by atoms with Crippen molar-refractivity contribution in [2.24, 2.45) is 0 Å². The molecule has 1 aromatic heterocycles. The Kier molecular flexibility index (Phi) is 5.55. The van der Waals surface area contributed by atoms with Gasteiger partial charge in [0.15, 0.2) is 0 Å². The Morgan fingerprint density at radius 2 is 1.64 bits per heavy atom. The first-order valence-corrected chi connectivity index (χ1v) is 9.73. The molecule has 0 aliphatic rings. The van der Waals surface area contributed by atoms with Gasteiger partial charge in [-0.1, -0.05) is 29.8 Å². The molecule has 0 atom stereocenters. The molecule has 3 rings (SSSR count). The summed E-state index contributed by atoms with van der Waals surface area (Å²) in [5, 5.41) is 2.69. The summed E-state index contributed by atoms with van der Waals surface area (Å²) < 4.78 is 32.2. The summed E-state index contributed by atoms with van der Waals surface area (Å²) >= 11 is 0. The second-order valence-electron chi connectivity index (χ2n) is 5.87. The zero-order valence-electron chi connectivity index (χ0n) is 15.2. The molecule has 28 heavy (non-hydrogen) atoms. The van der Waals surface area contributed by atoms with Crippen LogP contribution in [0, 0.1) is 6.92 Å². The molecule has 0 spiro atoms. The highest BCUT2D eigenvalue weighted by atomic mass is 32.2. The van der Waals surface area contributed by atoms with Crippen molar-refractivity contribution in [1.82, 2.24) is 9.97 Å². The number of hydrogen-bond acceptors (Lipinski definition) is 6. The van der Waals surface area contributed by atoms with Gasteiger partial charge in [-0.25, -0.2) is 23.1 Å². The first-order valence-electron chi connectivity index (χ1n) is 8.25. The molecule has 0 saturated heterocycles. The number of para-hydroxylation sites is 2. The third-order valence-electron chi connectivity index (χ3n) is 3.83. The average molecular weight is 398 g/mol. The number of methoxy groups -OCH3 is 1. The quantitative estimate of drug-likeness (QED) is 0.661. The van der Waals surface area contributed by atoms with Gasteiger partial charge in [0, 0.05) is 12.4 Å². The van der Waals surface area contributed by atoms with Crippen molar-refractivity contribution in [3.05, 3.63) is 72.1 Å². The number of anilines is 2. The van der Waals surface area contributed by atoms with Gasteiger partial charge in [0.25, 0.3) is 15.9 Å². The van der Waals surface area contributed by atoms with E-state index in [-0.39, 0.29) is 16.4 Å². The van der Waals surface area contributed by atoms with Gasteiger partial charge in [0.05, 0.1) is 23.3 Å². The number of hydrogen-bond donors (Lipinski definition) is 2. The van der Waals surface area contributed by atoms with E-state index in [2.05, 4.69) is 20.0 Å². The summed E-state index contributed by atoms with van der Waals surface area (Å²) in [7, 11) is -2.31. The van der Waals surface area contributed by atoms with Gasteiger partial charge in [0.2, 0.25) is 5.95 Å². The molecule has 2 aromatic carbocycles. The van der Waals surface area contributed by atoms with E-state index in [9.17, 15) is 13.2 Å². The molecule has 0 saturated carbocycles. The van der Waals surface area contributed by atoms with E-state index in [1.165, 1.54) is 31.6 Å². The van der Waals surface area contributed by atoms with Gasteiger partial charge in [-0.15, -0.1) is 0 Å². The van der Waals surface area contributed by atoms with Crippen molar-refractivity contribution in [3.63, 3.8) is 0 Å². The Morgan fingerprint density at radius 3 is 2.29 bits per heavy atom. The third kappa shape index (κ3) is 4.44. The van der Waals surface area contributed by atoms with Crippen LogP contribution in [0.3, 0.4) is 0 Å². The topological polar surface area (TPSA) is 110 Å². The molecule has 0 bridgehead atoms. The molecule has 0 aliphatic carbocycles. The lowest BCUT2D eigenvalue weighted by Gasteiger charge is -2.10. The summed E-state index contributed by atoms with van der Waals surface area (Å²) in [4.78, 5) is 20.3. The van der Waals surface area contributed by atoms with Crippen LogP contribution in [0.4, 0.5) is 11.6 Å². The molecule has 9 heteroatoms. The summed E-state index contributed by atoms with van der Waals surface area (Å²) in [5.41, 5.74) is 1.61. The number of aromatic nitrogens is 2. The fraction of sp³-hybridized carbons (Fsp3) is 0.105. The molecule has 0 radical (unpaired) electrons. The first kappa shape index (κ1) is 19.3. The van der Waals surface area contributed by atoms with Crippen LogP contribution in [0.25, 0.3) is 0 Å². The van der Waals surface area contributed by atoms with Crippen LogP contribution < -0.4 is 14.8 Å². The highest BCUT2D eigenvalue weighted by Gasteiger charge is 2.16. The van der Waals surface area contributed by atoms with Gasteiger partial charge in [-0.2, -0.15) is 0 Å². The van der Waals surface area contributed by atoms with Crippen molar-refractivity contribution >= 4 is 27.6 Å². The van der Waals surface area contributed by atoms with Crippen molar-refractivity contribution in [2.75, 3.05) is 17.1 Å². The Balaban J connectivity index is 1.72. The number of ether oxygens (including phenoxy) is 1. The van der Waals surface area contributed by atoms with Gasteiger partial charge >= 0.3 is 0 Å². The number of nitrogens with zero attached hydrogens (tertiary/aromatic N) is 2. The molecule has 1 amide bonds. The van der Waals surface area contributed by atoms with Crippen LogP contribution in [0.2, 0.25) is 0 Å². The predicted molar refractivity (Wildman–Crippen MR) is 105 cm³/mol. The van der Waals surface area contributed by atoms with E-state index < -0.39 is 15.9 Å². The van der Waals surface area contributed by atoms with Crippen LogP contribution in [0.15, 0.2) is 65.8 Å².